The van der Waals surface area contributed by atoms with Crippen LogP contribution in [0.15, 0.2) is 24.0 Å². The zero-order valence-corrected chi connectivity index (χ0v) is 24.7. The van der Waals surface area contributed by atoms with Crippen molar-refractivity contribution in [3.8, 4) is 11.5 Å². The van der Waals surface area contributed by atoms with E-state index in [1.54, 1.807) is 6.07 Å². The highest BCUT2D eigenvalue weighted by atomic mass is 16.6. The Morgan fingerprint density at radius 2 is 1.80 bits per heavy atom. The number of amides is 1. The molecule has 1 saturated carbocycles. The molecule has 244 valence electrons. The number of carboxylic acid groups (broad SMARTS) is 2. The SMILES string of the molecule is COc1ccc2c3c1O[C@H]1C(OC(=O)[C@H](O)[C@@H](O)C(=O)O[C@@H](C)C(=O)N[C@@H](CC(=O)O)C(=O)O)=CC[C@@]4(O)[C@@H](C2)C(C)CC[C@]314. The molecule has 5 rings (SSSR count). The number of methoxy groups -OCH3 is 1. The maximum absolute atomic E-state index is 13.0. The van der Waals surface area contributed by atoms with Crippen LogP contribution in [0.3, 0.4) is 0 Å². The summed E-state index contributed by atoms with van der Waals surface area (Å²) in [5, 5.41) is 52.9. The van der Waals surface area contributed by atoms with Gasteiger partial charge in [0.1, 0.15) is 11.8 Å². The summed E-state index contributed by atoms with van der Waals surface area (Å²) >= 11 is 0. The van der Waals surface area contributed by atoms with Gasteiger partial charge in [0.05, 0.1) is 24.5 Å². The summed E-state index contributed by atoms with van der Waals surface area (Å²) in [6.07, 6.45) is -5.10. The molecule has 2 bridgehead atoms. The van der Waals surface area contributed by atoms with Gasteiger partial charge in [-0.2, -0.15) is 0 Å². The number of rotatable bonds is 11. The van der Waals surface area contributed by atoms with E-state index in [-0.39, 0.29) is 24.0 Å². The van der Waals surface area contributed by atoms with Crippen LogP contribution in [0.5, 0.6) is 11.5 Å². The second-order valence-corrected chi connectivity index (χ2v) is 12.0. The predicted molar refractivity (Wildman–Crippen MR) is 148 cm³/mol. The smallest absolute Gasteiger partial charge is 0.343 e. The molecule has 1 heterocycles. The number of hydrogen-bond donors (Lipinski definition) is 6. The zero-order valence-electron chi connectivity index (χ0n) is 24.7. The van der Waals surface area contributed by atoms with E-state index in [4.69, 9.17) is 29.2 Å². The van der Waals surface area contributed by atoms with Crippen LogP contribution in [0.1, 0.15) is 50.7 Å². The predicted octanol–water partition coefficient (Wildman–Crippen LogP) is -0.444. The molecule has 0 aromatic heterocycles. The number of aliphatic hydroxyl groups excluding tert-OH is 2. The van der Waals surface area contributed by atoms with Crippen molar-refractivity contribution in [3.05, 3.63) is 35.1 Å². The Labute approximate surface area is 256 Å². The van der Waals surface area contributed by atoms with Crippen LogP contribution in [-0.4, -0.2) is 98.5 Å². The molecule has 4 aliphatic rings. The highest BCUT2D eigenvalue weighted by Gasteiger charge is 2.72. The largest absolute Gasteiger partial charge is 0.493 e. The molecule has 0 saturated heterocycles. The molecular formula is C30H35NO14. The lowest BCUT2D eigenvalue weighted by Gasteiger charge is -2.61. The summed E-state index contributed by atoms with van der Waals surface area (Å²) in [6, 6.07) is 1.90. The van der Waals surface area contributed by atoms with Crippen molar-refractivity contribution >= 4 is 29.8 Å². The molecule has 6 N–H and O–H groups in total. The molecule has 1 aromatic rings. The van der Waals surface area contributed by atoms with Gasteiger partial charge in [-0.3, -0.25) is 9.59 Å². The number of hydrogen-bond acceptors (Lipinski definition) is 12. The van der Waals surface area contributed by atoms with E-state index < -0.39 is 77.7 Å². The Morgan fingerprint density at radius 3 is 2.44 bits per heavy atom. The molecule has 1 amide bonds. The Kier molecular flexibility index (Phi) is 8.31. The van der Waals surface area contributed by atoms with Crippen LogP contribution in [0.25, 0.3) is 0 Å². The van der Waals surface area contributed by atoms with Crippen molar-refractivity contribution in [2.45, 2.75) is 87.4 Å². The standard InChI is InChI=1S/C30H35NO14/c1-12-6-8-29-20-14-4-5-17(42-3)23(20)45-24(29)18(7-9-30(29,41)15(12)10-14)44-28(40)22(35)21(34)27(39)43-13(2)25(36)31-16(26(37)38)11-19(32)33/h4-5,7,12-13,15-16,21-22,24,34-35,41H,6,8-11H2,1-3H3,(H,31,36)(H,32,33)(H,37,38)/t12?,13-,15-,16-,21+,22+,24-,29-,30+/m0/s1. The first-order chi connectivity index (χ1) is 21.2. The average Bonchev–Trinajstić information content (AvgIpc) is 3.34. The van der Waals surface area contributed by atoms with E-state index >= 15 is 0 Å². The molecule has 9 atom stereocenters. The van der Waals surface area contributed by atoms with Gasteiger partial charge in [0, 0.05) is 5.56 Å². The van der Waals surface area contributed by atoms with Gasteiger partial charge in [-0.25, -0.2) is 14.4 Å². The van der Waals surface area contributed by atoms with Crippen LogP contribution < -0.4 is 14.8 Å². The number of carbonyl (C=O) groups excluding carboxylic acids is 3. The summed E-state index contributed by atoms with van der Waals surface area (Å²) in [5.74, 6) is -6.42. The molecule has 15 heteroatoms. The average molecular weight is 634 g/mol. The number of aliphatic hydroxyl groups is 3. The second kappa shape index (κ2) is 11.6. The molecule has 45 heavy (non-hydrogen) atoms. The van der Waals surface area contributed by atoms with Gasteiger partial charge in [-0.15, -0.1) is 0 Å². The van der Waals surface area contributed by atoms with Crippen molar-refractivity contribution in [1.82, 2.24) is 5.32 Å². The lowest BCUT2D eigenvalue weighted by molar-refractivity contribution is -0.181. The minimum absolute atomic E-state index is 0.0189. The van der Waals surface area contributed by atoms with Gasteiger partial charge in [-0.1, -0.05) is 13.0 Å². The lowest BCUT2D eigenvalue weighted by atomic mass is 9.45. The highest BCUT2D eigenvalue weighted by Crippen LogP contribution is 2.68. The van der Waals surface area contributed by atoms with Crippen LogP contribution in [-0.2, 0) is 45.3 Å². The van der Waals surface area contributed by atoms with Crippen molar-refractivity contribution in [1.29, 1.82) is 0 Å². The van der Waals surface area contributed by atoms with E-state index in [0.29, 0.717) is 24.3 Å². The minimum atomic E-state index is -2.51. The molecule has 0 radical (unpaired) electrons. The third-order valence-electron chi connectivity index (χ3n) is 9.59. The number of nitrogens with one attached hydrogen (secondary N) is 1. The van der Waals surface area contributed by atoms with Crippen molar-refractivity contribution in [2.24, 2.45) is 11.8 Å². The fourth-order valence-corrected chi connectivity index (χ4v) is 7.36. The normalized spacial score (nSPS) is 29.8. The topological polar surface area (TPSA) is 235 Å². The van der Waals surface area contributed by atoms with Crippen molar-refractivity contribution in [3.63, 3.8) is 0 Å². The van der Waals surface area contributed by atoms with Crippen LogP contribution in [0, 0.1) is 11.8 Å². The van der Waals surface area contributed by atoms with Crippen molar-refractivity contribution in [2.75, 3.05) is 7.11 Å². The fourth-order valence-electron chi connectivity index (χ4n) is 7.36. The van der Waals surface area contributed by atoms with Crippen LogP contribution in [0.4, 0.5) is 0 Å². The first-order valence-electron chi connectivity index (χ1n) is 14.5. The molecular weight excluding hydrogens is 598 g/mol. The number of esters is 2. The second-order valence-electron chi connectivity index (χ2n) is 12.0. The van der Waals surface area contributed by atoms with Gasteiger partial charge in [0.15, 0.2) is 35.9 Å². The number of aliphatic carboxylic acids is 2. The molecule has 1 unspecified atom stereocenters. The molecule has 15 nitrogen and oxygen atoms in total. The summed E-state index contributed by atoms with van der Waals surface area (Å²) in [6.45, 7) is 3.11. The monoisotopic (exact) mass is 633 g/mol. The molecule has 1 fully saturated rings. The molecule has 1 aromatic carbocycles. The zero-order chi connectivity index (χ0) is 33.0. The quantitative estimate of drug-likeness (QED) is 0.170. The first kappa shape index (κ1) is 32.2. The van der Waals surface area contributed by atoms with Gasteiger partial charge >= 0.3 is 23.9 Å². The number of carboxylic acids is 2. The number of ether oxygens (including phenoxy) is 4. The Balaban J connectivity index is 1.31. The summed E-state index contributed by atoms with van der Waals surface area (Å²) in [4.78, 5) is 59.8. The minimum Gasteiger partial charge on any atom is -0.493 e. The van der Waals surface area contributed by atoms with Gasteiger partial charge in [0.2, 0.25) is 0 Å². The van der Waals surface area contributed by atoms with E-state index in [0.717, 1.165) is 24.5 Å². The van der Waals surface area contributed by atoms with E-state index in [1.807, 2.05) is 11.4 Å². The Morgan fingerprint density at radius 1 is 1.11 bits per heavy atom. The van der Waals surface area contributed by atoms with Crippen LogP contribution >= 0.6 is 0 Å². The van der Waals surface area contributed by atoms with E-state index in [1.165, 1.54) is 13.2 Å². The lowest BCUT2D eigenvalue weighted by Crippen LogP contribution is -2.69. The van der Waals surface area contributed by atoms with Crippen LogP contribution in [0.2, 0.25) is 0 Å². The van der Waals surface area contributed by atoms with Gasteiger partial charge in [0.25, 0.3) is 5.91 Å². The maximum atomic E-state index is 13.0. The third-order valence-corrected chi connectivity index (χ3v) is 9.59. The fraction of sp³-hybridized carbons (Fsp3) is 0.567. The molecule has 1 spiro atoms. The Hall–Kier alpha value is -4.21. The summed E-state index contributed by atoms with van der Waals surface area (Å²) in [5.41, 5.74) is -0.412. The van der Waals surface area contributed by atoms with E-state index in [2.05, 4.69) is 6.92 Å². The summed E-state index contributed by atoms with van der Waals surface area (Å²) < 4.78 is 22.2. The van der Waals surface area contributed by atoms with Gasteiger partial charge < -0.3 is 49.8 Å². The number of carbonyl (C=O) groups is 5. The van der Waals surface area contributed by atoms with E-state index in [9.17, 15) is 39.3 Å². The maximum Gasteiger partial charge on any atom is 0.343 e. The number of benzene rings is 1. The van der Waals surface area contributed by atoms with Crippen molar-refractivity contribution < 1.29 is 68.5 Å². The third kappa shape index (κ3) is 5.08. The highest BCUT2D eigenvalue weighted by molar-refractivity contribution is 5.91. The molecule has 1 aliphatic heterocycles. The van der Waals surface area contributed by atoms with Gasteiger partial charge in [-0.05, 0) is 62.1 Å². The summed E-state index contributed by atoms with van der Waals surface area (Å²) in [7, 11) is 1.49. The molecule has 3 aliphatic carbocycles. The first-order valence-corrected chi connectivity index (χ1v) is 14.5. The Bertz CT molecular complexity index is 1470.